The summed E-state index contributed by atoms with van der Waals surface area (Å²) in [6, 6.07) is 0. The summed E-state index contributed by atoms with van der Waals surface area (Å²) in [6.45, 7) is 2.68. The van der Waals surface area contributed by atoms with Gasteiger partial charge in [0.05, 0.1) is 30.7 Å². The van der Waals surface area contributed by atoms with Gasteiger partial charge in [0.15, 0.2) is 0 Å². The monoisotopic (exact) mass is 375 g/mol. The minimum atomic E-state index is -0.315. The number of rotatable bonds is 9. The number of halogens is 1. The molecule has 3 fully saturated rings. The topological polar surface area (TPSA) is 97.0 Å². The number of imide groups is 1. The fraction of sp³-hybridized carbons (Fsp3) is 0.812. The number of fused-ring (bicyclic) bond motifs is 5. The lowest BCUT2D eigenvalue weighted by atomic mass is 9.81. The lowest BCUT2D eigenvalue weighted by Gasteiger charge is -2.17. The van der Waals surface area contributed by atoms with E-state index in [1.807, 2.05) is 0 Å². The molecule has 3 aliphatic heterocycles. The summed E-state index contributed by atoms with van der Waals surface area (Å²) >= 11 is 0. The normalized spacial score (nSPS) is 29.7. The van der Waals surface area contributed by atoms with Crippen molar-refractivity contribution in [2.45, 2.75) is 31.5 Å². The highest BCUT2D eigenvalue weighted by atomic mass is 35.5. The van der Waals surface area contributed by atoms with Gasteiger partial charge in [-0.2, -0.15) is 0 Å². The molecule has 4 atom stereocenters. The molecular formula is C16H26ClN3O5. The number of likely N-dealkylation sites (tertiary alicyclic amines) is 1. The van der Waals surface area contributed by atoms with E-state index < -0.39 is 0 Å². The Morgan fingerprint density at radius 3 is 2.40 bits per heavy atom. The third-order valence-electron chi connectivity index (χ3n) is 5.05. The molecule has 3 rings (SSSR count). The smallest absolute Gasteiger partial charge is 0.235 e. The Hall–Kier alpha value is -1.22. The van der Waals surface area contributed by atoms with Crippen LogP contribution in [0.4, 0.5) is 0 Å². The van der Waals surface area contributed by atoms with E-state index in [0.29, 0.717) is 19.7 Å². The molecule has 0 aromatic heterocycles. The first-order chi connectivity index (χ1) is 11.6. The van der Waals surface area contributed by atoms with Crippen LogP contribution in [0.2, 0.25) is 0 Å². The first-order valence-electron chi connectivity index (χ1n) is 8.60. The molecular weight excluding hydrogens is 350 g/mol. The molecule has 0 saturated carbocycles. The Kier molecular flexibility index (Phi) is 7.18. The Morgan fingerprint density at radius 2 is 1.80 bits per heavy atom. The molecule has 3 amide bonds. The zero-order chi connectivity index (χ0) is 17.1. The van der Waals surface area contributed by atoms with E-state index in [1.165, 1.54) is 4.90 Å². The Morgan fingerprint density at radius 1 is 1.16 bits per heavy atom. The molecule has 0 spiro atoms. The van der Waals surface area contributed by atoms with Gasteiger partial charge in [-0.05, 0) is 12.8 Å². The van der Waals surface area contributed by atoms with E-state index in [-0.39, 0.29) is 67.1 Å². The summed E-state index contributed by atoms with van der Waals surface area (Å²) in [7, 11) is 1.64. The zero-order valence-corrected chi connectivity index (χ0v) is 15.2. The van der Waals surface area contributed by atoms with Crippen LogP contribution in [0, 0.1) is 11.8 Å². The minimum Gasteiger partial charge on any atom is -0.383 e. The maximum absolute atomic E-state index is 12.4. The average Bonchev–Trinajstić information content (AvgIpc) is 3.24. The van der Waals surface area contributed by atoms with Crippen LogP contribution in [-0.2, 0) is 23.9 Å². The lowest BCUT2D eigenvalue weighted by Crippen LogP contribution is -2.38. The Balaban J connectivity index is 0.00000225. The zero-order valence-electron chi connectivity index (χ0n) is 14.4. The minimum absolute atomic E-state index is 0. The first kappa shape index (κ1) is 20.1. The summed E-state index contributed by atoms with van der Waals surface area (Å²) in [6.07, 6.45) is 1.65. The molecule has 4 unspecified atom stereocenters. The summed E-state index contributed by atoms with van der Waals surface area (Å²) < 4.78 is 10.6. The molecule has 2 N–H and O–H groups in total. The maximum atomic E-state index is 12.4. The molecule has 3 aliphatic rings. The van der Waals surface area contributed by atoms with Gasteiger partial charge in [0, 0.05) is 39.7 Å². The van der Waals surface area contributed by atoms with Crippen LogP contribution in [0.3, 0.4) is 0 Å². The van der Waals surface area contributed by atoms with Crippen molar-refractivity contribution in [3.63, 3.8) is 0 Å². The van der Waals surface area contributed by atoms with E-state index in [9.17, 15) is 14.4 Å². The summed E-state index contributed by atoms with van der Waals surface area (Å²) in [5, 5.41) is 5.90. The molecule has 2 bridgehead atoms. The standard InChI is InChI=1S/C16H25N3O5.ClH/c1-23-9-7-17-5-6-18-12(20)4-8-19-15(21)13-10-2-3-11(24-10)14(13)16(19)22;/h10-11,13-14,17H,2-9H2,1H3,(H,18,20);1H. The number of methoxy groups -OCH3 is 1. The van der Waals surface area contributed by atoms with Crippen LogP contribution in [0.15, 0.2) is 0 Å². The second-order valence-corrected chi connectivity index (χ2v) is 6.51. The predicted octanol–water partition coefficient (Wildman–Crippen LogP) is -0.687. The molecule has 142 valence electrons. The largest absolute Gasteiger partial charge is 0.383 e. The van der Waals surface area contributed by atoms with Gasteiger partial charge in [-0.15, -0.1) is 12.4 Å². The number of carbonyl (C=O) groups excluding carboxylic acids is 3. The third-order valence-corrected chi connectivity index (χ3v) is 5.05. The highest BCUT2D eigenvalue weighted by Gasteiger charge is 2.62. The van der Waals surface area contributed by atoms with Gasteiger partial charge in [-0.3, -0.25) is 19.3 Å². The molecule has 8 nitrogen and oxygen atoms in total. The van der Waals surface area contributed by atoms with Gasteiger partial charge < -0.3 is 20.1 Å². The second-order valence-electron chi connectivity index (χ2n) is 6.51. The molecule has 0 aliphatic carbocycles. The van der Waals surface area contributed by atoms with Crippen molar-refractivity contribution in [2.75, 3.05) is 39.9 Å². The van der Waals surface area contributed by atoms with Gasteiger partial charge in [-0.1, -0.05) is 0 Å². The molecule has 0 aromatic rings. The molecule has 25 heavy (non-hydrogen) atoms. The van der Waals surface area contributed by atoms with E-state index in [0.717, 1.165) is 19.4 Å². The van der Waals surface area contributed by atoms with Crippen molar-refractivity contribution in [2.24, 2.45) is 11.8 Å². The van der Waals surface area contributed by atoms with Crippen LogP contribution in [0.25, 0.3) is 0 Å². The molecule has 0 radical (unpaired) electrons. The van der Waals surface area contributed by atoms with Crippen LogP contribution in [0.1, 0.15) is 19.3 Å². The van der Waals surface area contributed by atoms with Gasteiger partial charge in [0.25, 0.3) is 0 Å². The number of hydrogen-bond donors (Lipinski definition) is 2. The van der Waals surface area contributed by atoms with E-state index in [1.54, 1.807) is 7.11 Å². The van der Waals surface area contributed by atoms with E-state index >= 15 is 0 Å². The number of amides is 3. The lowest BCUT2D eigenvalue weighted by molar-refractivity contribution is -0.142. The van der Waals surface area contributed by atoms with Crippen molar-refractivity contribution in [3.8, 4) is 0 Å². The molecule has 3 saturated heterocycles. The van der Waals surface area contributed by atoms with Crippen molar-refractivity contribution in [1.82, 2.24) is 15.5 Å². The number of carbonyl (C=O) groups is 3. The Labute approximate surface area is 153 Å². The Bertz CT molecular complexity index is 490. The molecule has 0 aromatic carbocycles. The summed E-state index contributed by atoms with van der Waals surface area (Å²) in [5.74, 6) is -1.11. The second kappa shape index (κ2) is 8.93. The number of hydrogen-bond acceptors (Lipinski definition) is 6. The first-order valence-corrected chi connectivity index (χ1v) is 8.60. The number of nitrogens with one attached hydrogen (secondary N) is 2. The fourth-order valence-electron chi connectivity index (χ4n) is 3.89. The average molecular weight is 376 g/mol. The third kappa shape index (κ3) is 4.13. The highest BCUT2D eigenvalue weighted by Crippen LogP contribution is 2.48. The van der Waals surface area contributed by atoms with Gasteiger partial charge in [0.2, 0.25) is 17.7 Å². The fourth-order valence-corrected chi connectivity index (χ4v) is 3.89. The van der Waals surface area contributed by atoms with E-state index in [2.05, 4.69) is 10.6 Å². The van der Waals surface area contributed by atoms with Crippen molar-refractivity contribution >= 4 is 30.1 Å². The van der Waals surface area contributed by atoms with Gasteiger partial charge in [0.1, 0.15) is 0 Å². The SMILES string of the molecule is COCCNCCNC(=O)CCN1C(=O)C2C3CCC(O3)C2C1=O.Cl. The van der Waals surface area contributed by atoms with Crippen LogP contribution in [0.5, 0.6) is 0 Å². The predicted molar refractivity (Wildman–Crippen MR) is 91.2 cm³/mol. The van der Waals surface area contributed by atoms with Crippen LogP contribution in [-0.4, -0.2) is 74.7 Å². The molecule has 3 heterocycles. The molecule has 9 heteroatoms. The summed E-state index contributed by atoms with van der Waals surface area (Å²) in [4.78, 5) is 38.0. The van der Waals surface area contributed by atoms with Gasteiger partial charge >= 0.3 is 0 Å². The highest BCUT2D eigenvalue weighted by molar-refractivity contribution is 6.06. The van der Waals surface area contributed by atoms with Crippen molar-refractivity contribution < 1.29 is 23.9 Å². The van der Waals surface area contributed by atoms with E-state index in [4.69, 9.17) is 9.47 Å². The number of nitrogens with zero attached hydrogens (tertiary/aromatic N) is 1. The van der Waals surface area contributed by atoms with Crippen molar-refractivity contribution in [1.29, 1.82) is 0 Å². The quantitative estimate of drug-likeness (QED) is 0.409. The number of ether oxygens (including phenoxy) is 2. The van der Waals surface area contributed by atoms with Crippen molar-refractivity contribution in [3.05, 3.63) is 0 Å². The summed E-state index contributed by atoms with van der Waals surface area (Å²) in [5.41, 5.74) is 0. The van der Waals surface area contributed by atoms with Crippen LogP contribution < -0.4 is 10.6 Å². The van der Waals surface area contributed by atoms with Gasteiger partial charge in [-0.25, -0.2) is 0 Å². The maximum Gasteiger partial charge on any atom is 0.235 e. The van der Waals surface area contributed by atoms with Crippen LogP contribution >= 0.6 is 12.4 Å².